The van der Waals surface area contributed by atoms with Gasteiger partial charge in [-0.1, -0.05) is 6.07 Å². The van der Waals surface area contributed by atoms with Gasteiger partial charge in [-0.15, -0.1) is 0 Å². The number of benzene rings is 1. The highest BCUT2D eigenvalue weighted by molar-refractivity contribution is 5.79. The summed E-state index contributed by atoms with van der Waals surface area (Å²) in [5, 5.41) is 10.6. The molecule has 1 N–H and O–H groups in total. The number of hydrogen-bond acceptors (Lipinski definition) is 4. The van der Waals surface area contributed by atoms with Crippen LogP contribution < -0.4 is 9.47 Å². The van der Waals surface area contributed by atoms with Crippen LogP contribution in [-0.2, 0) is 10.4 Å². The maximum absolute atomic E-state index is 11.2. The molecule has 18 heavy (non-hydrogen) atoms. The first-order valence-electron chi connectivity index (χ1n) is 6.05. The lowest BCUT2D eigenvalue weighted by molar-refractivity contribution is -0.125. The molecular formula is C14H18O4. The number of rotatable bonds is 3. The van der Waals surface area contributed by atoms with E-state index < -0.39 is 5.60 Å². The summed E-state index contributed by atoms with van der Waals surface area (Å²) < 4.78 is 10.4. The predicted octanol–water partition coefficient (Wildman–Crippen LogP) is 2.03. The third-order valence-electron chi connectivity index (χ3n) is 3.56. The van der Waals surface area contributed by atoms with E-state index in [0.29, 0.717) is 37.2 Å². The Morgan fingerprint density at radius 3 is 2.28 bits per heavy atom. The summed E-state index contributed by atoms with van der Waals surface area (Å²) in [5.74, 6) is 1.46. The summed E-state index contributed by atoms with van der Waals surface area (Å²) in [6.45, 7) is 0. The quantitative estimate of drug-likeness (QED) is 0.891. The molecule has 98 valence electrons. The maximum Gasteiger partial charge on any atom is 0.161 e. The van der Waals surface area contributed by atoms with Crippen molar-refractivity contribution >= 4 is 5.78 Å². The largest absolute Gasteiger partial charge is 0.493 e. The van der Waals surface area contributed by atoms with Crippen molar-refractivity contribution < 1.29 is 19.4 Å². The third kappa shape index (κ3) is 2.34. The lowest BCUT2D eigenvalue weighted by Gasteiger charge is -2.32. The van der Waals surface area contributed by atoms with Crippen molar-refractivity contribution in [3.8, 4) is 11.5 Å². The summed E-state index contributed by atoms with van der Waals surface area (Å²) in [4.78, 5) is 11.2. The Morgan fingerprint density at radius 2 is 1.72 bits per heavy atom. The first-order valence-corrected chi connectivity index (χ1v) is 6.05. The minimum Gasteiger partial charge on any atom is -0.493 e. The molecule has 0 heterocycles. The van der Waals surface area contributed by atoms with E-state index >= 15 is 0 Å². The molecule has 0 unspecified atom stereocenters. The number of methoxy groups -OCH3 is 2. The van der Waals surface area contributed by atoms with Gasteiger partial charge in [0.25, 0.3) is 0 Å². The fourth-order valence-corrected chi connectivity index (χ4v) is 2.36. The van der Waals surface area contributed by atoms with Crippen molar-refractivity contribution in [2.45, 2.75) is 31.3 Å². The first-order chi connectivity index (χ1) is 8.59. The van der Waals surface area contributed by atoms with E-state index in [9.17, 15) is 9.90 Å². The summed E-state index contributed by atoms with van der Waals surface area (Å²) in [7, 11) is 3.14. The predicted molar refractivity (Wildman–Crippen MR) is 66.9 cm³/mol. The van der Waals surface area contributed by atoms with Crippen molar-refractivity contribution in [3.05, 3.63) is 23.8 Å². The number of carbonyl (C=O) groups excluding carboxylic acids is 1. The van der Waals surface area contributed by atoms with Crippen molar-refractivity contribution in [2.24, 2.45) is 0 Å². The number of aliphatic hydroxyl groups is 1. The summed E-state index contributed by atoms with van der Waals surface area (Å²) in [6.07, 6.45) is 1.82. The molecule has 1 saturated carbocycles. The molecule has 1 aliphatic carbocycles. The van der Waals surface area contributed by atoms with Crippen LogP contribution in [0.2, 0.25) is 0 Å². The van der Waals surface area contributed by atoms with Crippen molar-refractivity contribution in [1.82, 2.24) is 0 Å². The molecule has 0 amide bonds. The molecule has 2 rings (SSSR count). The average molecular weight is 250 g/mol. The van der Waals surface area contributed by atoms with E-state index in [1.54, 1.807) is 26.4 Å². The van der Waals surface area contributed by atoms with Crippen LogP contribution in [0.5, 0.6) is 11.5 Å². The molecule has 1 aromatic carbocycles. The van der Waals surface area contributed by atoms with Crippen molar-refractivity contribution in [2.75, 3.05) is 14.2 Å². The minimum atomic E-state index is -0.923. The molecule has 0 radical (unpaired) electrons. The Balaban J connectivity index is 2.30. The van der Waals surface area contributed by atoms with Gasteiger partial charge in [0, 0.05) is 12.8 Å². The van der Waals surface area contributed by atoms with Crippen molar-refractivity contribution in [1.29, 1.82) is 0 Å². The minimum absolute atomic E-state index is 0.222. The highest BCUT2D eigenvalue weighted by Crippen LogP contribution is 2.39. The second-order valence-electron chi connectivity index (χ2n) is 4.64. The lowest BCUT2D eigenvalue weighted by atomic mass is 9.79. The van der Waals surface area contributed by atoms with Crippen LogP contribution in [0.15, 0.2) is 18.2 Å². The molecule has 1 aromatic rings. The standard InChI is InChI=1S/C14H18O4/c1-17-12-4-3-10(9-13(12)18-2)14(16)7-5-11(15)6-8-14/h3-4,9,16H,5-8H2,1-2H3. The number of ketones is 1. The Bertz CT molecular complexity index is 443. The highest BCUT2D eigenvalue weighted by atomic mass is 16.5. The SMILES string of the molecule is COc1ccc(C2(O)CCC(=O)CC2)cc1OC. The molecule has 0 aliphatic heterocycles. The molecule has 0 aromatic heterocycles. The smallest absolute Gasteiger partial charge is 0.161 e. The topological polar surface area (TPSA) is 55.8 Å². The molecule has 4 heteroatoms. The lowest BCUT2D eigenvalue weighted by Crippen LogP contribution is -2.31. The van der Waals surface area contributed by atoms with Gasteiger partial charge in [0.1, 0.15) is 5.78 Å². The fraction of sp³-hybridized carbons (Fsp3) is 0.500. The van der Waals surface area contributed by atoms with Gasteiger partial charge in [0.15, 0.2) is 11.5 Å². The molecule has 0 atom stereocenters. The molecule has 0 bridgehead atoms. The summed E-state index contributed by atoms with van der Waals surface area (Å²) in [5.41, 5.74) is -0.138. The summed E-state index contributed by atoms with van der Waals surface area (Å²) >= 11 is 0. The van der Waals surface area contributed by atoms with E-state index in [2.05, 4.69) is 0 Å². The van der Waals surface area contributed by atoms with Gasteiger partial charge in [-0.3, -0.25) is 4.79 Å². The van der Waals surface area contributed by atoms with Gasteiger partial charge in [0.2, 0.25) is 0 Å². The van der Waals surface area contributed by atoms with Gasteiger partial charge in [0.05, 0.1) is 19.8 Å². The Hall–Kier alpha value is -1.55. The van der Waals surface area contributed by atoms with Crippen LogP contribution in [0.25, 0.3) is 0 Å². The zero-order chi connectivity index (χ0) is 13.2. The van der Waals surface area contributed by atoms with Crippen LogP contribution in [0.1, 0.15) is 31.2 Å². The third-order valence-corrected chi connectivity index (χ3v) is 3.56. The van der Waals surface area contributed by atoms with E-state index in [0.717, 1.165) is 5.56 Å². The maximum atomic E-state index is 11.2. The van der Waals surface area contributed by atoms with E-state index in [-0.39, 0.29) is 5.78 Å². The Kier molecular flexibility index (Phi) is 3.57. The van der Waals surface area contributed by atoms with Crippen LogP contribution in [0.3, 0.4) is 0 Å². The Labute approximate surface area is 107 Å². The molecule has 1 fully saturated rings. The molecular weight excluding hydrogens is 232 g/mol. The van der Waals surface area contributed by atoms with E-state index in [1.807, 2.05) is 6.07 Å². The van der Waals surface area contributed by atoms with Crippen LogP contribution >= 0.6 is 0 Å². The van der Waals surface area contributed by atoms with Gasteiger partial charge >= 0.3 is 0 Å². The molecule has 0 saturated heterocycles. The average Bonchev–Trinajstić information content (AvgIpc) is 2.41. The van der Waals surface area contributed by atoms with Gasteiger partial charge in [-0.25, -0.2) is 0 Å². The van der Waals surface area contributed by atoms with Crippen LogP contribution in [0.4, 0.5) is 0 Å². The first kappa shape index (κ1) is 12.9. The highest BCUT2D eigenvalue weighted by Gasteiger charge is 2.34. The number of Topliss-reactive ketones (excluding diaryl/α,β-unsaturated/α-hetero) is 1. The number of ether oxygens (including phenoxy) is 2. The molecule has 4 nitrogen and oxygen atoms in total. The van der Waals surface area contributed by atoms with Crippen LogP contribution in [0, 0.1) is 0 Å². The van der Waals surface area contributed by atoms with E-state index in [4.69, 9.17) is 9.47 Å². The fourth-order valence-electron chi connectivity index (χ4n) is 2.36. The van der Waals surface area contributed by atoms with Gasteiger partial charge < -0.3 is 14.6 Å². The molecule has 1 aliphatic rings. The second-order valence-corrected chi connectivity index (χ2v) is 4.64. The van der Waals surface area contributed by atoms with Crippen LogP contribution in [-0.4, -0.2) is 25.1 Å². The zero-order valence-corrected chi connectivity index (χ0v) is 10.7. The van der Waals surface area contributed by atoms with Crippen molar-refractivity contribution in [3.63, 3.8) is 0 Å². The van der Waals surface area contributed by atoms with Gasteiger partial charge in [-0.05, 0) is 30.5 Å². The summed E-state index contributed by atoms with van der Waals surface area (Å²) in [6, 6.07) is 5.40. The number of hydrogen-bond donors (Lipinski definition) is 1. The number of carbonyl (C=O) groups is 1. The normalized spacial score (nSPS) is 18.5. The van der Waals surface area contributed by atoms with E-state index in [1.165, 1.54) is 0 Å². The monoisotopic (exact) mass is 250 g/mol. The Morgan fingerprint density at radius 1 is 1.11 bits per heavy atom. The zero-order valence-electron chi connectivity index (χ0n) is 10.7. The second kappa shape index (κ2) is 4.98. The molecule has 0 spiro atoms. The van der Waals surface area contributed by atoms with Gasteiger partial charge in [-0.2, -0.15) is 0 Å².